The zero-order valence-electron chi connectivity index (χ0n) is 11.9. The number of rotatable bonds is 5. The van der Waals surface area contributed by atoms with Crippen molar-refractivity contribution in [1.82, 2.24) is 0 Å². The number of hydrogen-bond donors (Lipinski definition) is 1. The van der Waals surface area contributed by atoms with E-state index in [4.69, 9.17) is 16.3 Å². The van der Waals surface area contributed by atoms with Gasteiger partial charge in [-0.3, -0.25) is 4.79 Å². The fraction of sp³-hybridized carbons (Fsp3) is 0.118. The number of hydrogen-bond acceptors (Lipinski definition) is 3. The molecular formula is C17H16ClNO2. The van der Waals surface area contributed by atoms with E-state index in [0.29, 0.717) is 10.6 Å². The van der Waals surface area contributed by atoms with Crippen LogP contribution >= 0.6 is 11.6 Å². The van der Waals surface area contributed by atoms with Gasteiger partial charge in [-0.1, -0.05) is 17.7 Å². The van der Waals surface area contributed by atoms with E-state index in [1.54, 1.807) is 49.6 Å². The monoisotopic (exact) mass is 301 g/mol. The Kier molecular flexibility index (Phi) is 5.01. The van der Waals surface area contributed by atoms with Gasteiger partial charge in [0.15, 0.2) is 5.78 Å². The molecule has 2 aromatic rings. The SMILES string of the molecule is COc1ccc(C(=O)/C=C(\C)Nc2cccc(Cl)c2)cc1. The maximum atomic E-state index is 12.1. The molecule has 0 heterocycles. The highest BCUT2D eigenvalue weighted by atomic mass is 35.5. The van der Waals surface area contributed by atoms with Gasteiger partial charge in [-0.05, 0) is 49.4 Å². The lowest BCUT2D eigenvalue weighted by Gasteiger charge is -2.07. The van der Waals surface area contributed by atoms with Gasteiger partial charge in [-0.2, -0.15) is 0 Å². The molecule has 1 N–H and O–H groups in total. The average Bonchev–Trinajstić information content (AvgIpc) is 2.47. The summed E-state index contributed by atoms with van der Waals surface area (Å²) in [6.45, 7) is 1.84. The molecule has 0 unspecified atom stereocenters. The summed E-state index contributed by atoms with van der Waals surface area (Å²) in [5.74, 6) is 0.661. The van der Waals surface area contributed by atoms with E-state index in [0.717, 1.165) is 17.1 Å². The number of anilines is 1. The summed E-state index contributed by atoms with van der Waals surface area (Å²) < 4.78 is 5.07. The van der Waals surface area contributed by atoms with Crippen molar-refractivity contribution in [2.24, 2.45) is 0 Å². The molecule has 0 saturated carbocycles. The number of nitrogens with one attached hydrogen (secondary N) is 1. The van der Waals surface area contributed by atoms with Crippen molar-refractivity contribution in [3.63, 3.8) is 0 Å². The molecule has 0 aliphatic carbocycles. The molecule has 0 aliphatic rings. The van der Waals surface area contributed by atoms with E-state index < -0.39 is 0 Å². The first-order chi connectivity index (χ1) is 10.1. The summed E-state index contributed by atoms with van der Waals surface area (Å²) >= 11 is 5.92. The van der Waals surface area contributed by atoms with Gasteiger partial charge in [0.05, 0.1) is 7.11 Å². The predicted molar refractivity (Wildman–Crippen MR) is 86.2 cm³/mol. The van der Waals surface area contributed by atoms with Gasteiger partial charge >= 0.3 is 0 Å². The second-order valence-corrected chi connectivity index (χ2v) is 4.99. The van der Waals surface area contributed by atoms with E-state index in [9.17, 15) is 4.79 Å². The van der Waals surface area contributed by atoms with E-state index in [2.05, 4.69) is 5.32 Å². The Morgan fingerprint density at radius 1 is 1.19 bits per heavy atom. The van der Waals surface area contributed by atoms with Gasteiger partial charge in [0.25, 0.3) is 0 Å². The number of carbonyl (C=O) groups is 1. The molecule has 108 valence electrons. The molecule has 0 saturated heterocycles. The number of allylic oxidation sites excluding steroid dienone is 2. The molecule has 2 rings (SSSR count). The van der Waals surface area contributed by atoms with E-state index in [-0.39, 0.29) is 5.78 Å². The van der Waals surface area contributed by atoms with Crippen molar-refractivity contribution in [2.75, 3.05) is 12.4 Å². The van der Waals surface area contributed by atoms with Crippen molar-refractivity contribution < 1.29 is 9.53 Å². The molecule has 2 aromatic carbocycles. The highest BCUT2D eigenvalue weighted by molar-refractivity contribution is 6.30. The maximum absolute atomic E-state index is 12.1. The molecule has 0 spiro atoms. The number of ether oxygens (including phenoxy) is 1. The Hall–Kier alpha value is -2.26. The highest BCUT2D eigenvalue weighted by Crippen LogP contribution is 2.17. The van der Waals surface area contributed by atoms with Crippen LogP contribution in [-0.2, 0) is 0 Å². The molecule has 0 radical (unpaired) electrons. The molecule has 0 fully saturated rings. The third-order valence-corrected chi connectivity index (χ3v) is 3.12. The number of halogens is 1. The lowest BCUT2D eigenvalue weighted by atomic mass is 10.1. The number of benzene rings is 2. The summed E-state index contributed by atoms with van der Waals surface area (Å²) in [7, 11) is 1.59. The Bertz CT molecular complexity index is 663. The lowest BCUT2D eigenvalue weighted by molar-refractivity contribution is 0.104. The molecule has 0 aromatic heterocycles. The number of methoxy groups -OCH3 is 1. The molecular weight excluding hydrogens is 286 g/mol. The molecule has 0 aliphatic heterocycles. The van der Waals surface area contributed by atoms with Crippen LogP contribution in [0.5, 0.6) is 5.75 Å². The fourth-order valence-corrected chi connectivity index (χ4v) is 2.06. The van der Waals surface area contributed by atoms with Crippen molar-refractivity contribution in [2.45, 2.75) is 6.92 Å². The Morgan fingerprint density at radius 3 is 2.52 bits per heavy atom. The maximum Gasteiger partial charge on any atom is 0.187 e. The zero-order chi connectivity index (χ0) is 15.2. The predicted octanol–water partition coefficient (Wildman–Crippen LogP) is 4.55. The van der Waals surface area contributed by atoms with Gasteiger partial charge in [-0.25, -0.2) is 0 Å². The first-order valence-electron chi connectivity index (χ1n) is 6.48. The van der Waals surface area contributed by atoms with Gasteiger partial charge in [0, 0.05) is 28.0 Å². The third kappa shape index (κ3) is 4.36. The van der Waals surface area contributed by atoms with Crippen LogP contribution in [0.3, 0.4) is 0 Å². The van der Waals surface area contributed by atoms with Crippen molar-refractivity contribution in [3.05, 3.63) is 70.9 Å². The molecule has 4 heteroatoms. The van der Waals surface area contributed by atoms with Gasteiger partial charge in [-0.15, -0.1) is 0 Å². The third-order valence-electron chi connectivity index (χ3n) is 2.89. The first kappa shape index (κ1) is 15.1. The largest absolute Gasteiger partial charge is 0.497 e. The molecule has 0 atom stereocenters. The summed E-state index contributed by atoms with van der Waals surface area (Å²) in [5, 5.41) is 3.78. The quantitative estimate of drug-likeness (QED) is 0.650. The summed E-state index contributed by atoms with van der Waals surface area (Å²) in [6, 6.07) is 14.4. The normalized spacial score (nSPS) is 11.1. The minimum atomic E-state index is -0.0651. The fourth-order valence-electron chi connectivity index (χ4n) is 1.87. The second-order valence-electron chi connectivity index (χ2n) is 4.56. The Balaban J connectivity index is 2.08. The number of carbonyl (C=O) groups excluding carboxylic acids is 1. The summed E-state index contributed by atoms with van der Waals surface area (Å²) in [6.07, 6.45) is 1.56. The van der Waals surface area contributed by atoms with Crippen LogP contribution in [0.1, 0.15) is 17.3 Å². The van der Waals surface area contributed by atoms with Crippen molar-refractivity contribution in [3.8, 4) is 5.75 Å². The van der Waals surface area contributed by atoms with Crippen LogP contribution in [0.25, 0.3) is 0 Å². The molecule has 21 heavy (non-hydrogen) atoms. The summed E-state index contributed by atoms with van der Waals surface area (Å²) in [4.78, 5) is 12.1. The molecule has 0 bridgehead atoms. The van der Waals surface area contributed by atoms with Crippen molar-refractivity contribution in [1.29, 1.82) is 0 Å². The minimum Gasteiger partial charge on any atom is -0.497 e. The van der Waals surface area contributed by atoms with Gasteiger partial charge < -0.3 is 10.1 Å². The van der Waals surface area contributed by atoms with Crippen LogP contribution in [0.4, 0.5) is 5.69 Å². The molecule has 3 nitrogen and oxygen atoms in total. The van der Waals surface area contributed by atoms with E-state index in [1.807, 2.05) is 19.1 Å². The Labute approximate surface area is 129 Å². The van der Waals surface area contributed by atoms with E-state index in [1.165, 1.54) is 0 Å². The Morgan fingerprint density at radius 2 is 1.90 bits per heavy atom. The second kappa shape index (κ2) is 6.95. The van der Waals surface area contributed by atoms with Crippen LogP contribution in [-0.4, -0.2) is 12.9 Å². The van der Waals surface area contributed by atoms with Crippen molar-refractivity contribution >= 4 is 23.1 Å². The zero-order valence-corrected chi connectivity index (χ0v) is 12.6. The highest BCUT2D eigenvalue weighted by Gasteiger charge is 2.04. The first-order valence-corrected chi connectivity index (χ1v) is 6.85. The standard InChI is InChI=1S/C17H16ClNO2/c1-12(19-15-5-3-4-14(18)11-15)10-17(20)13-6-8-16(21-2)9-7-13/h3-11,19H,1-2H3/b12-10+. The average molecular weight is 302 g/mol. The van der Waals surface area contributed by atoms with Gasteiger partial charge in [0.2, 0.25) is 0 Å². The van der Waals surface area contributed by atoms with Crippen LogP contribution in [0, 0.1) is 0 Å². The smallest absolute Gasteiger partial charge is 0.187 e. The van der Waals surface area contributed by atoms with Crippen LogP contribution in [0.2, 0.25) is 5.02 Å². The summed E-state index contributed by atoms with van der Waals surface area (Å²) in [5.41, 5.74) is 2.21. The lowest BCUT2D eigenvalue weighted by Crippen LogP contribution is -2.01. The number of ketones is 1. The van der Waals surface area contributed by atoms with E-state index >= 15 is 0 Å². The topological polar surface area (TPSA) is 38.3 Å². The van der Waals surface area contributed by atoms with Crippen LogP contribution < -0.4 is 10.1 Å². The minimum absolute atomic E-state index is 0.0651. The molecule has 0 amide bonds. The van der Waals surface area contributed by atoms with Gasteiger partial charge in [0.1, 0.15) is 5.75 Å². The van der Waals surface area contributed by atoms with Crippen LogP contribution in [0.15, 0.2) is 60.3 Å².